The average molecular weight is 394 g/mol. The van der Waals surface area contributed by atoms with E-state index in [9.17, 15) is 0 Å². The van der Waals surface area contributed by atoms with Crippen LogP contribution in [-0.4, -0.2) is 37.3 Å². The highest BCUT2D eigenvalue weighted by molar-refractivity contribution is 5.48. The zero-order chi connectivity index (χ0) is 19.7. The first kappa shape index (κ1) is 20.2. The molecule has 0 spiro atoms. The molecule has 2 saturated heterocycles. The maximum absolute atomic E-state index is 5.99. The zero-order valence-electron chi connectivity index (χ0n) is 17.6. The molecule has 0 bridgehead atoms. The minimum absolute atomic E-state index is 0.497. The van der Waals surface area contributed by atoms with E-state index in [-0.39, 0.29) is 0 Å². The van der Waals surface area contributed by atoms with E-state index in [1.807, 2.05) is 12.4 Å². The highest BCUT2D eigenvalue weighted by Crippen LogP contribution is 2.28. The summed E-state index contributed by atoms with van der Waals surface area (Å²) in [4.78, 5) is 6.91. The molecule has 0 radical (unpaired) electrons. The molecule has 0 amide bonds. The monoisotopic (exact) mass is 393 g/mol. The molecule has 2 fully saturated rings. The Hall–Kier alpha value is -2.07. The number of unbranched alkanes of at least 4 members (excludes halogenated alkanes) is 1. The summed E-state index contributed by atoms with van der Waals surface area (Å²) in [5, 5.41) is 3.48. The fourth-order valence-corrected chi connectivity index (χ4v) is 4.64. The van der Waals surface area contributed by atoms with Crippen LogP contribution in [0.1, 0.15) is 50.5 Å². The van der Waals surface area contributed by atoms with Crippen molar-refractivity contribution in [3.8, 4) is 5.75 Å². The summed E-state index contributed by atoms with van der Waals surface area (Å²) in [6, 6.07) is 13.5. The van der Waals surface area contributed by atoms with Crippen LogP contribution in [0.3, 0.4) is 0 Å². The smallest absolute Gasteiger partial charge is 0.139 e. The summed E-state index contributed by atoms with van der Waals surface area (Å²) in [6.07, 6.45) is 14.1. The largest absolute Gasteiger partial charge is 0.490 e. The van der Waals surface area contributed by atoms with E-state index in [1.54, 1.807) is 0 Å². The minimum Gasteiger partial charge on any atom is -0.490 e. The molecule has 1 N–H and O–H groups in total. The fraction of sp³-hybridized carbons (Fsp3) is 0.560. The van der Waals surface area contributed by atoms with E-state index in [2.05, 4.69) is 51.6 Å². The Morgan fingerprint density at radius 2 is 1.90 bits per heavy atom. The lowest BCUT2D eigenvalue weighted by Crippen LogP contribution is -2.33. The number of aryl methyl sites for hydroxylation is 1. The molecule has 2 aliphatic heterocycles. The van der Waals surface area contributed by atoms with Crippen LogP contribution in [0, 0.1) is 5.92 Å². The Morgan fingerprint density at radius 1 is 1.03 bits per heavy atom. The van der Waals surface area contributed by atoms with Crippen LogP contribution in [0.5, 0.6) is 5.75 Å². The first-order valence-corrected chi connectivity index (χ1v) is 11.5. The zero-order valence-corrected chi connectivity index (χ0v) is 17.6. The van der Waals surface area contributed by atoms with Gasteiger partial charge in [0, 0.05) is 25.2 Å². The fourth-order valence-electron chi connectivity index (χ4n) is 4.64. The van der Waals surface area contributed by atoms with E-state index >= 15 is 0 Å². The maximum atomic E-state index is 5.99. The molecular formula is C25H35N3O. The molecule has 1 unspecified atom stereocenters. The summed E-state index contributed by atoms with van der Waals surface area (Å²) in [7, 11) is 0. The predicted molar refractivity (Wildman–Crippen MR) is 120 cm³/mol. The molecule has 4 heteroatoms. The number of benzene rings is 1. The molecule has 2 aromatic rings. The van der Waals surface area contributed by atoms with Crippen molar-refractivity contribution in [3.05, 3.63) is 54.4 Å². The number of piperidine rings is 1. The number of pyridine rings is 1. The second-order valence-corrected chi connectivity index (χ2v) is 8.64. The van der Waals surface area contributed by atoms with E-state index in [0.29, 0.717) is 6.04 Å². The van der Waals surface area contributed by atoms with Crippen molar-refractivity contribution >= 4 is 5.69 Å². The van der Waals surface area contributed by atoms with Crippen LogP contribution in [-0.2, 0) is 6.42 Å². The Kier molecular flexibility index (Phi) is 7.41. The number of hydrogen-bond donors (Lipinski definition) is 1. The van der Waals surface area contributed by atoms with Crippen molar-refractivity contribution in [1.82, 2.24) is 10.3 Å². The lowest BCUT2D eigenvalue weighted by atomic mass is 9.90. The number of ether oxygens (including phenoxy) is 1. The molecule has 3 heterocycles. The van der Waals surface area contributed by atoms with Gasteiger partial charge in [0.05, 0.1) is 18.1 Å². The number of anilines is 1. The van der Waals surface area contributed by atoms with Gasteiger partial charge in [-0.25, -0.2) is 0 Å². The highest BCUT2D eigenvalue weighted by Gasteiger charge is 2.20. The maximum Gasteiger partial charge on any atom is 0.139 e. The van der Waals surface area contributed by atoms with Gasteiger partial charge < -0.3 is 15.0 Å². The van der Waals surface area contributed by atoms with Crippen molar-refractivity contribution in [2.45, 2.75) is 57.4 Å². The van der Waals surface area contributed by atoms with Gasteiger partial charge in [0.2, 0.25) is 0 Å². The van der Waals surface area contributed by atoms with Gasteiger partial charge in [-0.05, 0) is 56.6 Å². The number of hydrogen-bond acceptors (Lipinski definition) is 4. The van der Waals surface area contributed by atoms with Crippen LogP contribution in [0.2, 0.25) is 0 Å². The van der Waals surface area contributed by atoms with Crippen molar-refractivity contribution in [2.24, 2.45) is 5.92 Å². The normalized spacial score (nSPS) is 20.1. The molecule has 1 aromatic carbocycles. The lowest BCUT2D eigenvalue weighted by Gasteiger charge is -2.33. The average Bonchev–Trinajstić information content (AvgIpc) is 3.30. The van der Waals surface area contributed by atoms with E-state index < -0.39 is 0 Å². The van der Waals surface area contributed by atoms with Gasteiger partial charge in [-0.15, -0.1) is 0 Å². The predicted octanol–water partition coefficient (Wildman–Crippen LogP) is 4.84. The standard InChI is InChI=1S/C25H35N3O/c1-2-7-21(8-3-1)9-4-5-10-22-12-15-28(16-13-22)24-17-25(19-26-18-24)29-20-23-11-6-14-27-23/h1-3,7-8,17-19,22-23,27H,4-6,9-16,20H2. The van der Waals surface area contributed by atoms with Crippen molar-refractivity contribution in [1.29, 1.82) is 0 Å². The summed E-state index contributed by atoms with van der Waals surface area (Å²) in [5.74, 6) is 1.78. The molecule has 156 valence electrons. The van der Waals surface area contributed by atoms with Crippen molar-refractivity contribution < 1.29 is 4.74 Å². The highest BCUT2D eigenvalue weighted by atomic mass is 16.5. The third kappa shape index (κ3) is 6.20. The molecule has 4 nitrogen and oxygen atoms in total. The van der Waals surface area contributed by atoms with Crippen molar-refractivity contribution in [3.63, 3.8) is 0 Å². The van der Waals surface area contributed by atoms with Gasteiger partial charge in [-0.3, -0.25) is 4.98 Å². The van der Waals surface area contributed by atoms with Crippen LogP contribution in [0.4, 0.5) is 5.69 Å². The molecule has 1 atom stereocenters. The van der Waals surface area contributed by atoms with Gasteiger partial charge in [-0.1, -0.05) is 43.2 Å². The Morgan fingerprint density at radius 3 is 2.69 bits per heavy atom. The first-order valence-electron chi connectivity index (χ1n) is 11.5. The summed E-state index contributed by atoms with van der Waals surface area (Å²) < 4.78 is 5.99. The Bertz CT molecular complexity index is 722. The third-order valence-electron chi connectivity index (χ3n) is 6.46. The molecule has 0 saturated carbocycles. The molecule has 1 aromatic heterocycles. The number of nitrogens with one attached hydrogen (secondary N) is 1. The van der Waals surface area contributed by atoms with Crippen LogP contribution in [0.25, 0.3) is 0 Å². The topological polar surface area (TPSA) is 37.4 Å². The summed E-state index contributed by atoms with van der Waals surface area (Å²) in [5.41, 5.74) is 2.69. The van der Waals surface area contributed by atoms with Gasteiger partial charge in [-0.2, -0.15) is 0 Å². The van der Waals surface area contributed by atoms with E-state index in [1.165, 1.54) is 62.6 Å². The number of aromatic nitrogens is 1. The second kappa shape index (κ2) is 10.6. The Labute approximate surface area is 175 Å². The van der Waals surface area contributed by atoms with E-state index in [0.717, 1.165) is 37.9 Å². The number of rotatable bonds is 9. The summed E-state index contributed by atoms with van der Waals surface area (Å²) in [6.45, 7) is 4.14. The first-order chi connectivity index (χ1) is 14.4. The number of nitrogens with zero attached hydrogens (tertiary/aromatic N) is 2. The molecular weight excluding hydrogens is 358 g/mol. The quantitative estimate of drug-likeness (QED) is 0.619. The van der Waals surface area contributed by atoms with Crippen LogP contribution >= 0.6 is 0 Å². The minimum atomic E-state index is 0.497. The SMILES string of the molecule is c1ccc(CCCCC2CCN(c3cncc(OCC4CCCN4)c3)CC2)cc1. The van der Waals surface area contributed by atoms with Crippen molar-refractivity contribution in [2.75, 3.05) is 31.1 Å². The Balaban J connectivity index is 1.16. The van der Waals surface area contributed by atoms with Gasteiger partial charge >= 0.3 is 0 Å². The van der Waals surface area contributed by atoms with Gasteiger partial charge in [0.15, 0.2) is 0 Å². The third-order valence-corrected chi connectivity index (χ3v) is 6.46. The summed E-state index contributed by atoms with van der Waals surface area (Å²) >= 11 is 0. The van der Waals surface area contributed by atoms with Gasteiger partial charge in [0.25, 0.3) is 0 Å². The lowest BCUT2D eigenvalue weighted by molar-refractivity contribution is 0.276. The van der Waals surface area contributed by atoms with Crippen LogP contribution in [0.15, 0.2) is 48.8 Å². The molecule has 29 heavy (non-hydrogen) atoms. The molecule has 4 rings (SSSR count). The second-order valence-electron chi connectivity index (χ2n) is 8.64. The molecule has 2 aliphatic rings. The van der Waals surface area contributed by atoms with Crippen LogP contribution < -0.4 is 15.0 Å². The molecule has 0 aliphatic carbocycles. The van der Waals surface area contributed by atoms with E-state index in [4.69, 9.17) is 4.74 Å². The van der Waals surface area contributed by atoms with Gasteiger partial charge in [0.1, 0.15) is 12.4 Å².